The predicted molar refractivity (Wildman–Crippen MR) is 64.7 cm³/mol. The zero-order valence-corrected chi connectivity index (χ0v) is 10.2. The Morgan fingerprint density at radius 1 is 1.38 bits per heavy atom. The fourth-order valence-electron chi connectivity index (χ4n) is 1.38. The van der Waals surface area contributed by atoms with Gasteiger partial charge in [0.15, 0.2) is 0 Å². The first-order valence-electron chi connectivity index (χ1n) is 4.92. The first kappa shape index (κ1) is 13.0. The highest BCUT2D eigenvalue weighted by atomic mass is 32.2. The van der Waals surface area contributed by atoms with Gasteiger partial charge in [-0.05, 0) is 19.1 Å². The van der Waals surface area contributed by atoms with Crippen LogP contribution in [0.3, 0.4) is 0 Å². The Bertz CT molecular complexity index is 459. The van der Waals surface area contributed by atoms with Gasteiger partial charge in [-0.15, -0.1) is 0 Å². The van der Waals surface area contributed by atoms with E-state index in [1.54, 1.807) is 30.1 Å². The van der Waals surface area contributed by atoms with Gasteiger partial charge in [-0.3, -0.25) is 0 Å². The van der Waals surface area contributed by atoms with Crippen LogP contribution in [0, 0.1) is 0 Å². The van der Waals surface area contributed by atoms with Crippen LogP contribution in [-0.4, -0.2) is 28.1 Å². The Morgan fingerprint density at radius 3 is 2.44 bits per heavy atom. The fourth-order valence-corrected chi connectivity index (χ4v) is 2.16. The first-order valence-corrected chi connectivity index (χ1v) is 6.47. The molecule has 1 atom stereocenters. The molecule has 4 N–H and O–H groups in total. The van der Waals surface area contributed by atoms with Crippen molar-refractivity contribution in [3.05, 3.63) is 24.3 Å². The number of primary sulfonamides is 1. The highest BCUT2D eigenvalue weighted by Crippen LogP contribution is 2.23. The molecule has 5 nitrogen and oxygen atoms in total. The van der Waals surface area contributed by atoms with Crippen LogP contribution in [0.1, 0.15) is 6.92 Å². The van der Waals surface area contributed by atoms with Gasteiger partial charge in [0.25, 0.3) is 0 Å². The van der Waals surface area contributed by atoms with Crippen molar-refractivity contribution in [2.45, 2.75) is 17.9 Å². The van der Waals surface area contributed by atoms with Gasteiger partial charge in [-0.25, -0.2) is 13.6 Å². The maximum atomic E-state index is 11.4. The van der Waals surface area contributed by atoms with E-state index in [9.17, 15) is 8.42 Å². The lowest BCUT2D eigenvalue weighted by Crippen LogP contribution is -2.36. The van der Waals surface area contributed by atoms with E-state index in [1.165, 1.54) is 6.07 Å². The van der Waals surface area contributed by atoms with E-state index in [-0.39, 0.29) is 10.9 Å². The molecule has 1 aromatic carbocycles. The molecule has 90 valence electrons. The van der Waals surface area contributed by atoms with Crippen LogP contribution in [0.4, 0.5) is 5.69 Å². The van der Waals surface area contributed by atoms with Crippen LogP contribution in [0.2, 0.25) is 0 Å². The van der Waals surface area contributed by atoms with Crippen LogP contribution < -0.4 is 15.8 Å². The topological polar surface area (TPSA) is 89.4 Å². The van der Waals surface area contributed by atoms with E-state index >= 15 is 0 Å². The van der Waals surface area contributed by atoms with E-state index in [4.69, 9.17) is 10.9 Å². The van der Waals surface area contributed by atoms with Crippen molar-refractivity contribution in [2.24, 2.45) is 10.9 Å². The zero-order valence-electron chi connectivity index (χ0n) is 9.42. The Labute approximate surface area is 96.1 Å². The molecule has 16 heavy (non-hydrogen) atoms. The van der Waals surface area contributed by atoms with Gasteiger partial charge in [-0.2, -0.15) is 0 Å². The van der Waals surface area contributed by atoms with Crippen molar-refractivity contribution < 1.29 is 8.42 Å². The zero-order chi connectivity index (χ0) is 12.3. The lowest BCUT2D eigenvalue weighted by molar-refractivity contribution is 0.596. The second kappa shape index (κ2) is 4.82. The number of sulfonamides is 1. The van der Waals surface area contributed by atoms with Crippen molar-refractivity contribution in [3.8, 4) is 0 Å². The van der Waals surface area contributed by atoms with Crippen molar-refractivity contribution in [1.82, 2.24) is 0 Å². The molecule has 0 amide bonds. The van der Waals surface area contributed by atoms with Gasteiger partial charge >= 0.3 is 0 Å². The summed E-state index contributed by atoms with van der Waals surface area (Å²) in [5, 5.41) is 5.15. The van der Waals surface area contributed by atoms with Gasteiger partial charge in [0.1, 0.15) is 4.90 Å². The van der Waals surface area contributed by atoms with E-state index in [2.05, 4.69) is 0 Å². The van der Waals surface area contributed by atoms with Crippen molar-refractivity contribution in [3.63, 3.8) is 0 Å². The average molecular weight is 243 g/mol. The van der Waals surface area contributed by atoms with E-state index in [1.807, 2.05) is 6.92 Å². The van der Waals surface area contributed by atoms with Gasteiger partial charge in [0.05, 0.1) is 5.69 Å². The minimum Gasteiger partial charge on any atom is -0.370 e. The number of hydrogen-bond donors (Lipinski definition) is 2. The summed E-state index contributed by atoms with van der Waals surface area (Å²) in [6, 6.07) is 6.66. The number of nitrogens with zero attached hydrogens (tertiary/aromatic N) is 1. The number of rotatable bonds is 4. The average Bonchev–Trinajstić information content (AvgIpc) is 2.26. The molecule has 0 heterocycles. The van der Waals surface area contributed by atoms with Crippen molar-refractivity contribution >= 4 is 15.7 Å². The van der Waals surface area contributed by atoms with Crippen LogP contribution in [0.5, 0.6) is 0 Å². The highest BCUT2D eigenvalue weighted by molar-refractivity contribution is 7.89. The molecule has 1 rings (SSSR count). The van der Waals surface area contributed by atoms with E-state index in [0.717, 1.165) is 0 Å². The molecule has 1 aromatic rings. The Hall–Kier alpha value is -1.11. The fraction of sp³-hybridized carbons (Fsp3) is 0.400. The molecular formula is C10H17N3O2S. The van der Waals surface area contributed by atoms with Gasteiger partial charge in [-0.1, -0.05) is 12.1 Å². The Balaban J connectivity index is 3.24. The summed E-state index contributed by atoms with van der Waals surface area (Å²) in [7, 11) is -1.91. The molecule has 1 unspecified atom stereocenters. The molecule has 0 aliphatic carbocycles. The third-order valence-corrected chi connectivity index (χ3v) is 3.51. The molecule has 0 bridgehead atoms. The van der Waals surface area contributed by atoms with Gasteiger partial charge in [0, 0.05) is 19.6 Å². The van der Waals surface area contributed by atoms with Crippen molar-refractivity contribution in [1.29, 1.82) is 0 Å². The van der Waals surface area contributed by atoms with Crippen LogP contribution >= 0.6 is 0 Å². The van der Waals surface area contributed by atoms with E-state index in [0.29, 0.717) is 12.2 Å². The normalized spacial score (nSPS) is 13.5. The van der Waals surface area contributed by atoms with Crippen LogP contribution in [-0.2, 0) is 10.0 Å². The molecule has 0 spiro atoms. The summed E-state index contributed by atoms with van der Waals surface area (Å²) < 4.78 is 22.8. The first-order chi connectivity index (χ1) is 7.38. The highest BCUT2D eigenvalue weighted by Gasteiger charge is 2.18. The monoisotopic (exact) mass is 243 g/mol. The Kier molecular flexibility index (Phi) is 3.90. The number of hydrogen-bond acceptors (Lipinski definition) is 4. The third kappa shape index (κ3) is 2.72. The maximum Gasteiger partial charge on any atom is 0.240 e. The summed E-state index contributed by atoms with van der Waals surface area (Å²) in [5.41, 5.74) is 6.12. The lowest BCUT2D eigenvalue weighted by Gasteiger charge is -2.27. The molecular weight excluding hydrogens is 226 g/mol. The molecule has 0 aliphatic heterocycles. The summed E-state index contributed by atoms with van der Waals surface area (Å²) in [6.45, 7) is 2.36. The summed E-state index contributed by atoms with van der Waals surface area (Å²) in [4.78, 5) is 1.93. The summed E-state index contributed by atoms with van der Waals surface area (Å²) in [5.74, 6) is 0. The number of likely N-dealkylation sites (N-methyl/N-ethyl adjacent to an activating group) is 1. The number of benzene rings is 1. The van der Waals surface area contributed by atoms with Gasteiger partial charge < -0.3 is 10.6 Å². The SMILES string of the molecule is CC(CN)N(C)c1ccccc1S(N)(=O)=O. The molecule has 0 aromatic heterocycles. The third-order valence-electron chi connectivity index (χ3n) is 2.55. The summed E-state index contributed by atoms with van der Waals surface area (Å²) >= 11 is 0. The molecule has 0 saturated carbocycles. The molecule has 0 fully saturated rings. The number of nitrogens with two attached hydrogens (primary N) is 2. The summed E-state index contributed by atoms with van der Waals surface area (Å²) in [6.07, 6.45) is 0. The lowest BCUT2D eigenvalue weighted by atomic mass is 10.2. The van der Waals surface area contributed by atoms with Gasteiger partial charge in [0.2, 0.25) is 10.0 Å². The molecule has 0 saturated heterocycles. The van der Waals surface area contributed by atoms with Crippen LogP contribution in [0.15, 0.2) is 29.2 Å². The number of para-hydroxylation sites is 1. The van der Waals surface area contributed by atoms with Crippen molar-refractivity contribution in [2.75, 3.05) is 18.5 Å². The smallest absolute Gasteiger partial charge is 0.240 e. The largest absolute Gasteiger partial charge is 0.370 e. The molecule has 0 aliphatic rings. The quantitative estimate of drug-likeness (QED) is 0.786. The van der Waals surface area contributed by atoms with E-state index < -0.39 is 10.0 Å². The standard InChI is InChI=1S/C10H17N3O2S/c1-8(7-11)13(2)9-5-3-4-6-10(9)16(12,14)15/h3-6,8H,7,11H2,1-2H3,(H2,12,14,15). The Morgan fingerprint density at radius 2 is 1.94 bits per heavy atom. The predicted octanol–water partition coefficient (Wildman–Crippen LogP) is 0.117. The minimum atomic E-state index is -3.70. The molecule has 0 radical (unpaired) electrons. The maximum absolute atomic E-state index is 11.4. The second-order valence-corrected chi connectivity index (χ2v) is 5.24. The molecule has 6 heteroatoms. The second-order valence-electron chi connectivity index (χ2n) is 3.71. The minimum absolute atomic E-state index is 0.0444. The number of anilines is 1. The van der Waals surface area contributed by atoms with Crippen LogP contribution in [0.25, 0.3) is 0 Å².